The van der Waals surface area contributed by atoms with Crippen LogP contribution < -0.4 is 10.5 Å². The van der Waals surface area contributed by atoms with Crippen molar-refractivity contribution in [2.75, 3.05) is 20.3 Å². The number of nitrogens with one attached hydrogen (secondary N) is 1. The Labute approximate surface area is 102 Å². The lowest BCUT2D eigenvalue weighted by atomic mass is 10.1. The van der Waals surface area contributed by atoms with Crippen molar-refractivity contribution in [3.63, 3.8) is 0 Å². The first-order valence-electron chi connectivity index (χ1n) is 5.03. The smallest absolute Gasteiger partial charge is 0.416 e. The summed E-state index contributed by atoms with van der Waals surface area (Å²) < 4.78 is 47.4. The quantitative estimate of drug-likeness (QED) is 0.484. The van der Waals surface area contributed by atoms with Crippen molar-refractivity contribution in [2.24, 2.45) is 5.73 Å². The summed E-state index contributed by atoms with van der Waals surface area (Å²) in [5, 5.41) is 7.26. The summed E-state index contributed by atoms with van der Waals surface area (Å²) in [6.45, 7) is 0.459. The van der Waals surface area contributed by atoms with E-state index in [2.05, 4.69) is 0 Å². The minimum absolute atomic E-state index is 0.0825. The van der Waals surface area contributed by atoms with Crippen LogP contribution in [0.5, 0.6) is 5.75 Å². The number of alkyl halides is 3. The Morgan fingerprint density at radius 2 is 2.00 bits per heavy atom. The maximum atomic E-state index is 12.5. The zero-order valence-electron chi connectivity index (χ0n) is 9.67. The number of hydrogen-bond acceptors (Lipinski definition) is 3. The third-order valence-electron chi connectivity index (χ3n) is 2.14. The summed E-state index contributed by atoms with van der Waals surface area (Å²) >= 11 is 0. The van der Waals surface area contributed by atoms with E-state index < -0.39 is 17.6 Å². The lowest BCUT2D eigenvalue weighted by Gasteiger charge is -2.13. The predicted octanol–water partition coefficient (Wildman–Crippen LogP) is 2.01. The molecule has 0 amide bonds. The van der Waals surface area contributed by atoms with Crippen LogP contribution in [-0.2, 0) is 10.9 Å². The molecule has 0 aliphatic rings. The molecule has 0 unspecified atom stereocenters. The Balaban J connectivity index is 3.01. The maximum Gasteiger partial charge on any atom is 0.416 e. The van der Waals surface area contributed by atoms with Crippen LogP contribution in [0.4, 0.5) is 13.2 Å². The van der Waals surface area contributed by atoms with Gasteiger partial charge in [0.05, 0.1) is 17.7 Å². The topological polar surface area (TPSA) is 68.3 Å². The SMILES string of the molecule is COCCOc1ccc(C(F)(F)F)cc1C(=N)N. The van der Waals surface area contributed by atoms with Gasteiger partial charge in [-0.3, -0.25) is 5.41 Å². The molecule has 1 aromatic carbocycles. The first-order valence-corrected chi connectivity index (χ1v) is 5.03. The van der Waals surface area contributed by atoms with Crippen LogP contribution in [0.1, 0.15) is 11.1 Å². The number of rotatable bonds is 5. The number of halogens is 3. The van der Waals surface area contributed by atoms with Crippen molar-refractivity contribution in [3.05, 3.63) is 29.3 Å². The van der Waals surface area contributed by atoms with Crippen molar-refractivity contribution in [1.82, 2.24) is 0 Å². The monoisotopic (exact) mass is 262 g/mol. The highest BCUT2D eigenvalue weighted by Gasteiger charge is 2.31. The third kappa shape index (κ3) is 3.63. The molecule has 0 radical (unpaired) electrons. The summed E-state index contributed by atoms with van der Waals surface area (Å²) in [6.07, 6.45) is -4.48. The maximum absolute atomic E-state index is 12.5. The van der Waals surface area contributed by atoms with Crippen molar-refractivity contribution in [1.29, 1.82) is 5.41 Å². The highest BCUT2D eigenvalue weighted by Crippen LogP contribution is 2.32. The molecule has 3 N–H and O–H groups in total. The van der Waals surface area contributed by atoms with E-state index in [4.69, 9.17) is 20.6 Å². The molecule has 0 saturated heterocycles. The standard InChI is InChI=1S/C11H13F3N2O2/c1-17-4-5-18-9-3-2-7(11(12,13)14)6-8(9)10(15)16/h2-3,6H,4-5H2,1H3,(H3,15,16). The Morgan fingerprint density at radius 3 is 2.50 bits per heavy atom. The van der Waals surface area contributed by atoms with Gasteiger partial charge in [0.15, 0.2) is 0 Å². The highest BCUT2D eigenvalue weighted by molar-refractivity contribution is 5.97. The minimum Gasteiger partial charge on any atom is -0.490 e. The molecule has 0 fully saturated rings. The summed E-state index contributed by atoms with van der Waals surface area (Å²) in [5.41, 5.74) is 4.28. The number of nitrogen functional groups attached to an aromatic ring is 1. The van der Waals surface area contributed by atoms with Gasteiger partial charge in [0.2, 0.25) is 0 Å². The first-order chi connectivity index (χ1) is 8.36. The molecule has 1 rings (SSSR count). The summed E-state index contributed by atoms with van der Waals surface area (Å²) in [5.74, 6) is -0.346. The number of ether oxygens (including phenoxy) is 2. The Bertz CT molecular complexity index is 433. The second kappa shape index (κ2) is 5.72. The molecular formula is C11H13F3N2O2. The van der Waals surface area contributed by atoms with E-state index in [1.807, 2.05) is 0 Å². The van der Waals surface area contributed by atoms with E-state index in [0.29, 0.717) is 6.61 Å². The summed E-state index contributed by atoms with van der Waals surface area (Å²) in [6, 6.07) is 2.83. The van der Waals surface area contributed by atoms with Gasteiger partial charge in [-0.2, -0.15) is 13.2 Å². The number of nitrogens with two attached hydrogens (primary N) is 1. The summed E-state index contributed by atoms with van der Waals surface area (Å²) in [7, 11) is 1.47. The molecule has 0 heterocycles. The van der Waals surface area contributed by atoms with Crippen LogP contribution in [0, 0.1) is 5.41 Å². The molecule has 7 heteroatoms. The van der Waals surface area contributed by atoms with Gasteiger partial charge in [-0.1, -0.05) is 0 Å². The van der Waals surface area contributed by atoms with Crippen LogP contribution in [0.2, 0.25) is 0 Å². The molecule has 0 atom stereocenters. The van der Waals surface area contributed by atoms with Crippen LogP contribution in [-0.4, -0.2) is 26.2 Å². The molecular weight excluding hydrogens is 249 g/mol. The van der Waals surface area contributed by atoms with Crippen molar-refractivity contribution in [2.45, 2.75) is 6.18 Å². The van der Waals surface area contributed by atoms with E-state index in [0.717, 1.165) is 18.2 Å². The second-order valence-electron chi connectivity index (χ2n) is 3.46. The Hall–Kier alpha value is -1.76. The summed E-state index contributed by atoms with van der Waals surface area (Å²) in [4.78, 5) is 0. The molecule has 0 saturated carbocycles. The number of benzene rings is 1. The van der Waals surface area contributed by atoms with Crippen molar-refractivity contribution >= 4 is 5.84 Å². The number of methoxy groups -OCH3 is 1. The van der Waals surface area contributed by atoms with Crippen LogP contribution >= 0.6 is 0 Å². The van der Waals surface area contributed by atoms with Crippen molar-refractivity contribution < 1.29 is 22.6 Å². The highest BCUT2D eigenvalue weighted by atomic mass is 19.4. The fourth-order valence-electron chi connectivity index (χ4n) is 1.28. The number of hydrogen-bond donors (Lipinski definition) is 2. The van der Waals surface area contributed by atoms with Gasteiger partial charge in [0, 0.05) is 7.11 Å². The molecule has 0 aliphatic carbocycles. The van der Waals surface area contributed by atoms with E-state index in [1.165, 1.54) is 7.11 Å². The predicted molar refractivity (Wildman–Crippen MR) is 59.8 cm³/mol. The molecule has 4 nitrogen and oxygen atoms in total. The fourth-order valence-corrected chi connectivity index (χ4v) is 1.28. The Kier molecular flexibility index (Phi) is 4.55. The lowest BCUT2D eigenvalue weighted by molar-refractivity contribution is -0.137. The molecule has 0 bridgehead atoms. The lowest BCUT2D eigenvalue weighted by Crippen LogP contribution is -2.16. The average molecular weight is 262 g/mol. The zero-order valence-corrected chi connectivity index (χ0v) is 9.67. The van der Waals surface area contributed by atoms with Crippen LogP contribution in [0.25, 0.3) is 0 Å². The van der Waals surface area contributed by atoms with Gasteiger partial charge in [-0.15, -0.1) is 0 Å². The average Bonchev–Trinajstić information content (AvgIpc) is 2.28. The second-order valence-corrected chi connectivity index (χ2v) is 3.46. The van der Waals surface area contributed by atoms with Crippen molar-refractivity contribution in [3.8, 4) is 5.75 Å². The molecule has 0 aliphatic heterocycles. The third-order valence-corrected chi connectivity index (χ3v) is 2.14. The molecule has 0 spiro atoms. The van der Waals surface area contributed by atoms with Crippen LogP contribution in [0.15, 0.2) is 18.2 Å². The van der Waals surface area contributed by atoms with Gasteiger partial charge in [-0.25, -0.2) is 0 Å². The van der Waals surface area contributed by atoms with Gasteiger partial charge in [0.25, 0.3) is 0 Å². The normalized spacial score (nSPS) is 11.3. The largest absolute Gasteiger partial charge is 0.490 e. The van der Waals surface area contributed by atoms with Gasteiger partial charge < -0.3 is 15.2 Å². The molecule has 0 aromatic heterocycles. The Morgan fingerprint density at radius 1 is 1.33 bits per heavy atom. The van der Waals surface area contributed by atoms with E-state index in [9.17, 15) is 13.2 Å². The van der Waals surface area contributed by atoms with Gasteiger partial charge >= 0.3 is 6.18 Å². The molecule has 100 valence electrons. The molecule has 18 heavy (non-hydrogen) atoms. The molecule has 1 aromatic rings. The zero-order chi connectivity index (χ0) is 13.8. The fraction of sp³-hybridized carbons (Fsp3) is 0.364. The van der Waals surface area contributed by atoms with E-state index in [1.54, 1.807) is 0 Å². The minimum atomic E-state index is -4.48. The van der Waals surface area contributed by atoms with Crippen LogP contribution in [0.3, 0.4) is 0 Å². The first kappa shape index (κ1) is 14.3. The van der Waals surface area contributed by atoms with E-state index in [-0.39, 0.29) is 17.9 Å². The van der Waals surface area contributed by atoms with Gasteiger partial charge in [0.1, 0.15) is 18.2 Å². The van der Waals surface area contributed by atoms with Gasteiger partial charge in [-0.05, 0) is 18.2 Å². The number of amidine groups is 1. The van der Waals surface area contributed by atoms with E-state index >= 15 is 0 Å².